The molecule has 1 saturated heterocycles. The molecule has 0 aliphatic carbocycles. The van der Waals surface area contributed by atoms with E-state index in [-0.39, 0.29) is 47.3 Å². The van der Waals surface area contributed by atoms with Crippen LogP contribution in [-0.4, -0.2) is 41.1 Å². The Morgan fingerprint density at radius 3 is 2.83 bits per heavy atom. The van der Waals surface area contributed by atoms with E-state index in [0.29, 0.717) is 13.1 Å². The van der Waals surface area contributed by atoms with Gasteiger partial charge in [-0.05, 0) is 24.0 Å². The van der Waals surface area contributed by atoms with Crippen LogP contribution in [0.15, 0.2) is 29.2 Å². The molecule has 0 bridgehead atoms. The fraction of sp³-hybridized carbons (Fsp3) is 0.529. The number of hydrogen-bond acceptors (Lipinski definition) is 4. The summed E-state index contributed by atoms with van der Waals surface area (Å²) in [4.78, 5) is 27.7. The number of fused-ring (bicyclic) bond motifs is 1. The fourth-order valence-corrected chi connectivity index (χ4v) is 4.20. The van der Waals surface area contributed by atoms with Crippen LogP contribution in [0.2, 0.25) is 0 Å². The minimum Gasteiger partial charge on any atom is -0.342 e. The minimum absolute atomic E-state index is 0. The molecule has 132 valence electrons. The van der Waals surface area contributed by atoms with E-state index in [1.165, 1.54) is 11.8 Å². The molecule has 3 rings (SSSR count). The van der Waals surface area contributed by atoms with Gasteiger partial charge in [-0.3, -0.25) is 9.59 Å². The Hall–Kier alpha value is -1.24. The van der Waals surface area contributed by atoms with Crippen LogP contribution in [-0.2, 0) is 9.59 Å². The molecular formula is C17H24ClN3O2S. The van der Waals surface area contributed by atoms with Crippen LogP contribution >= 0.6 is 24.2 Å². The number of nitrogens with two attached hydrogens (primary N) is 1. The highest BCUT2D eigenvalue weighted by Gasteiger charge is 2.37. The van der Waals surface area contributed by atoms with Crippen molar-refractivity contribution in [3.05, 3.63) is 24.3 Å². The fourth-order valence-electron chi connectivity index (χ4n) is 3.10. The van der Waals surface area contributed by atoms with Crippen molar-refractivity contribution in [2.75, 3.05) is 18.4 Å². The van der Waals surface area contributed by atoms with Crippen molar-refractivity contribution in [3.63, 3.8) is 0 Å². The van der Waals surface area contributed by atoms with Crippen LogP contribution in [0.1, 0.15) is 26.7 Å². The molecule has 0 aromatic heterocycles. The summed E-state index contributed by atoms with van der Waals surface area (Å²) >= 11 is 1.47. The summed E-state index contributed by atoms with van der Waals surface area (Å²) in [6, 6.07) is 7.80. The molecule has 1 aromatic rings. The van der Waals surface area contributed by atoms with E-state index < -0.39 is 0 Å². The maximum absolute atomic E-state index is 12.6. The van der Waals surface area contributed by atoms with Crippen LogP contribution in [0.3, 0.4) is 0 Å². The summed E-state index contributed by atoms with van der Waals surface area (Å²) in [5.41, 5.74) is 6.88. The molecule has 1 fully saturated rings. The van der Waals surface area contributed by atoms with E-state index in [9.17, 15) is 9.59 Å². The summed E-state index contributed by atoms with van der Waals surface area (Å²) < 4.78 is 0. The van der Waals surface area contributed by atoms with Crippen LogP contribution in [0.5, 0.6) is 0 Å². The number of halogens is 1. The molecule has 2 heterocycles. The van der Waals surface area contributed by atoms with Crippen LogP contribution in [0.25, 0.3) is 0 Å². The van der Waals surface area contributed by atoms with Crippen molar-refractivity contribution >= 4 is 41.7 Å². The summed E-state index contributed by atoms with van der Waals surface area (Å²) in [6.45, 7) is 5.52. The van der Waals surface area contributed by atoms with Gasteiger partial charge in [0.25, 0.3) is 0 Å². The van der Waals surface area contributed by atoms with E-state index in [1.807, 2.05) is 29.2 Å². The predicted octanol–water partition coefficient (Wildman–Crippen LogP) is 2.50. The largest absolute Gasteiger partial charge is 0.342 e. The lowest BCUT2D eigenvalue weighted by atomic mass is 9.79. The number of hydrogen-bond donors (Lipinski definition) is 2. The number of carbonyl (C=O) groups is 2. The lowest BCUT2D eigenvalue weighted by molar-refractivity contribution is -0.135. The van der Waals surface area contributed by atoms with E-state index in [4.69, 9.17) is 5.73 Å². The quantitative estimate of drug-likeness (QED) is 0.839. The van der Waals surface area contributed by atoms with Crippen molar-refractivity contribution in [1.82, 2.24) is 4.90 Å². The molecule has 2 atom stereocenters. The number of likely N-dealkylation sites (tertiary alicyclic amines) is 1. The summed E-state index contributed by atoms with van der Waals surface area (Å²) in [6.07, 6.45) is 1.04. The molecule has 0 radical (unpaired) electrons. The zero-order valence-electron chi connectivity index (χ0n) is 14.0. The van der Waals surface area contributed by atoms with Gasteiger partial charge in [0.05, 0.1) is 10.9 Å². The zero-order chi connectivity index (χ0) is 16.6. The lowest BCUT2D eigenvalue weighted by Crippen LogP contribution is -2.54. The summed E-state index contributed by atoms with van der Waals surface area (Å²) in [7, 11) is 0. The zero-order valence-corrected chi connectivity index (χ0v) is 15.6. The second kappa shape index (κ2) is 7.33. The van der Waals surface area contributed by atoms with Gasteiger partial charge in [-0.1, -0.05) is 26.0 Å². The highest BCUT2D eigenvalue weighted by Crippen LogP contribution is 2.37. The van der Waals surface area contributed by atoms with Gasteiger partial charge in [-0.25, -0.2) is 0 Å². The number of piperidine rings is 1. The van der Waals surface area contributed by atoms with E-state index >= 15 is 0 Å². The normalized spacial score (nSPS) is 25.3. The lowest BCUT2D eigenvalue weighted by Gasteiger charge is -2.43. The van der Waals surface area contributed by atoms with Crippen molar-refractivity contribution in [2.45, 2.75) is 42.9 Å². The first-order valence-corrected chi connectivity index (χ1v) is 8.85. The third kappa shape index (κ3) is 3.87. The number of carbonyl (C=O) groups excluding carboxylic acids is 2. The van der Waals surface area contributed by atoms with Crippen LogP contribution in [0.4, 0.5) is 5.69 Å². The first kappa shape index (κ1) is 19.1. The van der Waals surface area contributed by atoms with Crippen molar-refractivity contribution < 1.29 is 9.59 Å². The van der Waals surface area contributed by atoms with Gasteiger partial charge in [0.2, 0.25) is 11.8 Å². The molecule has 2 unspecified atom stereocenters. The smallest absolute Gasteiger partial charge is 0.238 e. The Bertz CT molecular complexity index is 638. The SMILES string of the molecule is CC1(C)CN(C(=O)CC2Sc3ccccc3NC2=O)CCC1N.Cl. The molecule has 7 heteroatoms. The highest BCUT2D eigenvalue weighted by atomic mass is 35.5. The van der Waals surface area contributed by atoms with E-state index in [0.717, 1.165) is 17.0 Å². The Balaban J connectivity index is 0.00000208. The number of benzene rings is 1. The predicted molar refractivity (Wildman–Crippen MR) is 99.5 cm³/mol. The van der Waals surface area contributed by atoms with Gasteiger partial charge in [0, 0.05) is 30.4 Å². The number of para-hydroxylation sites is 1. The minimum atomic E-state index is -0.365. The van der Waals surface area contributed by atoms with Gasteiger partial charge in [0.15, 0.2) is 0 Å². The monoisotopic (exact) mass is 369 g/mol. The van der Waals surface area contributed by atoms with E-state index in [2.05, 4.69) is 19.2 Å². The molecule has 24 heavy (non-hydrogen) atoms. The molecule has 2 aliphatic heterocycles. The van der Waals surface area contributed by atoms with Crippen molar-refractivity contribution in [3.8, 4) is 0 Å². The number of thioether (sulfide) groups is 1. The number of rotatable bonds is 2. The van der Waals surface area contributed by atoms with Crippen molar-refractivity contribution in [2.24, 2.45) is 11.1 Å². The highest BCUT2D eigenvalue weighted by molar-refractivity contribution is 8.01. The maximum atomic E-state index is 12.6. The van der Waals surface area contributed by atoms with Crippen LogP contribution in [0, 0.1) is 5.41 Å². The Morgan fingerprint density at radius 2 is 2.12 bits per heavy atom. The third-order valence-electron chi connectivity index (χ3n) is 4.73. The molecule has 3 N–H and O–H groups in total. The Labute approximate surface area is 153 Å². The van der Waals surface area contributed by atoms with Crippen LogP contribution < -0.4 is 11.1 Å². The van der Waals surface area contributed by atoms with Crippen molar-refractivity contribution in [1.29, 1.82) is 0 Å². The maximum Gasteiger partial charge on any atom is 0.238 e. The molecule has 1 aromatic carbocycles. The average Bonchev–Trinajstić information content (AvgIpc) is 2.50. The molecule has 0 spiro atoms. The molecular weight excluding hydrogens is 346 g/mol. The molecule has 2 amide bonds. The van der Waals surface area contributed by atoms with E-state index in [1.54, 1.807) is 0 Å². The number of amides is 2. The topological polar surface area (TPSA) is 75.4 Å². The second-order valence-electron chi connectivity index (χ2n) is 7.00. The van der Waals surface area contributed by atoms with Gasteiger partial charge in [-0.2, -0.15) is 0 Å². The van der Waals surface area contributed by atoms with Gasteiger partial charge in [0.1, 0.15) is 0 Å². The van der Waals surface area contributed by atoms with Gasteiger partial charge in [-0.15, -0.1) is 24.2 Å². The standard InChI is InChI=1S/C17H23N3O2S.ClH/c1-17(2)10-20(8-7-14(17)18)15(21)9-13-16(22)19-11-5-3-4-6-12(11)23-13;/h3-6,13-14H,7-10,18H2,1-2H3,(H,19,22);1H. The average molecular weight is 370 g/mol. The second-order valence-corrected chi connectivity index (χ2v) is 8.24. The van der Waals surface area contributed by atoms with Gasteiger partial charge >= 0.3 is 0 Å². The summed E-state index contributed by atoms with van der Waals surface area (Å²) in [5, 5.41) is 2.53. The Kier molecular flexibility index (Phi) is 5.83. The molecule has 2 aliphatic rings. The third-order valence-corrected chi connectivity index (χ3v) is 6.01. The number of nitrogens with zero attached hydrogens (tertiary/aromatic N) is 1. The molecule has 5 nitrogen and oxygen atoms in total. The Morgan fingerprint density at radius 1 is 1.42 bits per heavy atom. The number of nitrogens with one attached hydrogen (secondary N) is 1. The van der Waals surface area contributed by atoms with Gasteiger partial charge < -0.3 is 16.0 Å². The first-order chi connectivity index (χ1) is 10.9. The number of anilines is 1. The first-order valence-electron chi connectivity index (χ1n) is 7.97. The summed E-state index contributed by atoms with van der Waals surface area (Å²) in [5.74, 6) is -0.0490. The molecule has 0 saturated carbocycles.